The van der Waals surface area contributed by atoms with Gasteiger partial charge in [0.1, 0.15) is 10.7 Å². The van der Waals surface area contributed by atoms with Crippen molar-refractivity contribution in [1.82, 2.24) is 4.98 Å². The zero-order valence-electron chi connectivity index (χ0n) is 6.06. The molecule has 0 saturated carbocycles. The molecule has 6 heteroatoms. The van der Waals surface area contributed by atoms with Crippen LogP contribution in [0, 0.1) is 17.1 Å². The van der Waals surface area contributed by atoms with E-state index >= 15 is 0 Å². The Labute approximate surface area is 80.1 Å². The van der Waals surface area contributed by atoms with Crippen LogP contribution in [0.4, 0.5) is 13.2 Å². The molecule has 0 aliphatic rings. The Morgan fingerprint density at radius 3 is 2.54 bits per heavy atom. The number of aromatic nitrogens is 1. The maximum Gasteiger partial charge on any atom is 0.268 e. The highest BCUT2D eigenvalue weighted by molar-refractivity contribution is 9.10. The van der Waals surface area contributed by atoms with Crippen LogP contribution < -0.4 is 0 Å². The molecule has 1 aromatic rings. The molecule has 0 aromatic carbocycles. The van der Waals surface area contributed by atoms with Crippen molar-refractivity contribution in [2.75, 3.05) is 0 Å². The molecule has 0 amide bonds. The number of pyridine rings is 1. The summed E-state index contributed by atoms with van der Waals surface area (Å²) in [5, 5.41) is 8.45. The summed E-state index contributed by atoms with van der Waals surface area (Å²) in [5.74, 6) is -1.17. The van der Waals surface area contributed by atoms with Crippen LogP contribution >= 0.6 is 15.9 Å². The SMILES string of the molecule is N#Cc1c(Br)ncc(F)c1C(F)F. The van der Waals surface area contributed by atoms with Crippen LogP contribution in [0.25, 0.3) is 0 Å². The first-order valence-electron chi connectivity index (χ1n) is 3.10. The molecule has 0 aliphatic carbocycles. The number of halogens is 4. The summed E-state index contributed by atoms with van der Waals surface area (Å²) in [6.45, 7) is 0. The van der Waals surface area contributed by atoms with E-state index in [1.165, 1.54) is 6.07 Å². The second kappa shape index (κ2) is 3.75. The Bertz CT molecular complexity index is 373. The summed E-state index contributed by atoms with van der Waals surface area (Å²) in [4.78, 5) is 3.38. The maximum absolute atomic E-state index is 12.8. The number of hydrogen-bond donors (Lipinski definition) is 0. The van der Waals surface area contributed by atoms with Crippen molar-refractivity contribution in [3.8, 4) is 6.07 Å². The highest BCUT2D eigenvalue weighted by atomic mass is 79.9. The van der Waals surface area contributed by atoms with Crippen LogP contribution in [-0.4, -0.2) is 4.98 Å². The van der Waals surface area contributed by atoms with Crippen LogP contribution in [0.3, 0.4) is 0 Å². The van der Waals surface area contributed by atoms with Gasteiger partial charge in [-0.2, -0.15) is 5.26 Å². The van der Waals surface area contributed by atoms with E-state index in [1.54, 1.807) is 0 Å². The van der Waals surface area contributed by atoms with Crippen LogP contribution in [0.15, 0.2) is 10.8 Å². The molecule has 0 unspecified atom stereocenters. The fraction of sp³-hybridized carbons (Fsp3) is 0.143. The molecule has 68 valence electrons. The van der Waals surface area contributed by atoms with Crippen molar-refractivity contribution in [1.29, 1.82) is 5.26 Å². The first-order valence-corrected chi connectivity index (χ1v) is 3.89. The van der Waals surface area contributed by atoms with E-state index in [-0.39, 0.29) is 4.60 Å². The molecule has 0 spiro atoms. The van der Waals surface area contributed by atoms with Gasteiger partial charge in [-0.15, -0.1) is 0 Å². The lowest BCUT2D eigenvalue weighted by atomic mass is 10.1. The Morgan fingerprint density at radius 2 is 2.15 bits per heavy atom. The smallest absolute Gasteiger partial charge is 0.245 e. The van der Waals surface area contributed by atoms with Crippen LogP contribution in [0.2, 0.25) is 0 Å². The van der Waals surface area contributed by atoms with Crippen molar-refractivity contribution >= 4 is 15.9 Å². The molecule has 1 rings (SSSR count). The number of alkyl halides is 2. The molecule has 0 radical (unpaired) electrons. The molecule has 0 fully saturated rings. The second-order valence-electron chi connectivity index (χ2n) is 2.10. The third-order valence-corrected chi connectivity index (χ3v) is 1.96. The van der Waals surface area contributed by atoms with Crippen LogP contribution in [0.5, 0.6) is 0 Å². The number of hydrogen-bond acceptors (Lipinski definition) is 2. The van der Waals surface area contributed by atoms with E-state index in [2.05, 4.69) is 20.9 Å². The minimum absolute atomic E-state index is 0.0771. The zero-order valence-corrected chi connectivity index (χ0v) is 7.65. The molecule has 13 heavy (non-hydrogen) atoms. The van der Waals surface area contributed by atoms with Crippen molar-refractivity contribution in [3.05, 3.63) is 27.7 Å². The van der Waals surface area contributed by atoms with Gasteiger partial charge in [0, 0.05) is 0 Å². The van der Waals surface area contributed by atoms with Gasteiger partial charge in [-0.3, -0.25) is 0 Å². The van der Waals surface area contributed by atoms with Gasteiger partial charge in [0.15, 0.2) is 5.82 Å². The Balaban J connectivity index is 3.46. The van der Waals surface area contributed by atoms with Crippen LogP contribution in [-0.2, 0) is 0 Å². The van der Waals surface area contributed by atoms with E-state index in [4.69, 9.17) is 5.26 Å². The normalized spacial score (nSPS) is 10.2. The summed E-state index contributed by atoms with van der Waals surface area (Å²) in [6, 6.07) is 1.46. The minimum atomic E-state index is -3.02. The molecule has 1 aromatic heterocycles. The van der Waals surface area contributed by atoms with Gasteiger partial charge in [0.2, 0.25) is 0 Å². The predicted molar refractivity (Wildman–Crippen MR) is 41.6 cm³/mol. The van der Waals surface area contributed by atoms with Crippen molar-refractivity contribution in [3.63, 3.8) is 0 Å². The van der Waals surface area contributed by atoms with Gasteiger partial charge in [-0.25, -0.2) is 18.2 Å². The second-order valence-corrected chi connectivity index (χ2v) is 2.85. The summed E-state index contributed by atoms with van der Waals surface area (Å²) in [7, 11) is 0. The number of nitrogens with zero attached hydrogens (tertiary/aromatic N) is 2. The third-order valence-electron chi connectivity index (χ3n) is 1.35. The van der Waals surface area contributed by atoms with Crippen molar-refractivity contribution in [2.45, 2.75) is 6.43 Å². The molecule has 0 N–H and O–H groups in total. The van der Waals surface area contributed by atoms with Gasteiger partial charge in [-0.1, -0.05) is 0 Å². The fourth-order valence-electron chi connectivity index (χ4n) is 0.798. The Kier molecular flexibility index (Phi) is 2.88. The summed E-state index contributed by atoms with van der Waals surface area (Å²) in [5.41, 5.74) is -1.38. The largest absolute Gasteiger partial charge is 0.268 e. The summed E-state index contributed by atoms with van der Waals surface area (Å²) < 4.78 is 37.1. The monoisotopic (exact) mass is 250 g/mol. The lowest BCUT2D eigenvalue weighted by Gasteiger charge is -2.04. The molecule has 0 bridgehead atoms. The van der Waals surface area contributed by atoms with Crippen LogP contribution in [0.1, 0.15) is 17.6 Å². The lowest BCUT2D eigenvalue weighted by molar-refractivity contribution is 0.145. The first-order chi connectivity index (χ1) is 6.07. The molecule has 2 nitrogen and oxygen atoms in total. The summed E-state index contributed by atoms with van der Waals surface area (Å²) >= 11 is 2.78. The number of nitriles is 1. The zero-order chi connectivity index (χ0) is 10.0. The van der Waals surface area contributed by atoms with Crippen molar-refractivity contribution < 1.29 is 13.2 Å². The van der Waals surface area contributed by atoms with E-state index in [0.717, 1.165) is 0 Å². The molecule has 0 saturated heterocycles. The van der Waals surface area contributed by atoms with E-state index < -0.39 is 23.4 Å². The Hall–Kier alpha value is -1.09. The van der Waals surface area contributed by atoms with Gasteiger partial charge in [0.25, 0.3) is 6.43 Å². The van der Waals surface area contributed by atoms with E-state index in [0.29, 0.717) is 6.20 Å². The van der Waals surface area contributed by atoms with Crippen molar-refractivity contribution in [2.24, 2.45) is 0 Å². The molecular weight excluding hydrogens is 249 g/mol. The number of rotatable bonds is 1. The van der Waals surface area contributed by atoms with E-state index in [1.807, 2.05) is 0 Å². The lowest BCUT2D eigenvalue weighted by Crippen LogP contribution is -1.98. The Morgan fingerprint density at radius 1 is 1.54 bits per heavy atom. The van der Waals surface area contributed by atoms with E-state index in [9.17, 15) is 13.2 Å². The molecular formula is C7H2BrF3N2. The standard InChI is InChI=1S/C7H2BrF3N2/c8-6-3(1-12)5(7(10)11)4(9)2-13-6/h2,7H. The highest BCUT2D eigenvalue weighted by Crippen LogP contribution is 2.28. The summed E-state index contributed by atoms with van der Waals surface area (Å²) in [6.07, 6.45) is -2.37. The fourth-order valence-corrected chi connectivity index (χ4v) is 1.20. The third kappa shape index (κ3) is 1.80. The van der Waals surface area contributed by atoms with Gasteiger partial charge >= 0.3 is 0 Å². The average molecular weight is 251 g/mol. The topological polar surface area (TPSA) is 36.7 Å². The predicted octanol–water partition coefficient (Wildman–Crippen LogP) is 2.79. The molecule has 1 heterocycles. The molecule has 0 atom stereocenters. The van der Waals surface area contributed by atoms with Gasteiger partial charge < -0.3 is 0 Å². The average Bonchev–Trinajstić information content (AvgIpc) is 2.07. The minimum Gasteiger partial charge on any atom is -0.245 e. The van der Waals surface area contributed by atoms with Gasteiger partial charge in [-0.05, 0) is 15.9 Å². The van der Waals surface area contributed by atoms with Gasteiger partial charge in [0.05, 0.1) is 17.3 Å². The quantitative estimate of drug-likeness (QED) is 0.719. The maximum atomic E-state index is 12.8. The first kappa shape index (κ1) is 9.99. The molecule has 0 aliphatic heterocycles. The highest BCUT2D eigenvalue weighted by Gasteiger charge is 2.21.